The van der Waals surface area contributed by atoms with Gasteiger partial charge in [0.25, 0.3) is 0 Å². The molecule has 4 heteroatoms. The molecule has 1 aromatic carbocycles. The summed E-state index contributed by atoms with van der Waals surface area (Å²) in [7, 11) is 0. The quantitative estimate of drug-likeness (QED) is 0.376. The molecule has 0 unspecified atom stereocenters. The van der Waals surface area contributed by atoms with Crippen molar-refractivity contribution in [2.24, 2.45) is 52.3 Å². The highest BCUT2D eigenvalue weighted by atomic mass is 16.7. The Balaban J connectivity index is 1.05. The van der Waals surface area contributed by atoms with Gasteiger partial charge in [0.1, 0.15) is 6.10 Å². The van der Waals surface area contributed by atoms with Crippen LogP contribution in [-0.4, -0.2) is 30.6 Å². The van der Waals surface area contributed by atoms with E-state index in [2.05, 4.69) is 27.7 Å². The highest BCUT2D eigenvalue weighted by molar-refractivity contribution is 5.89. The molecular formula is C34H48O4. The molecule has 208 valence electrons. The van der Waals surface area contributed by atoms with Crippen LogP contribution in [0.4, 0.5) is 0 Å². The predicted octanol–water partition coefficient (Wildman–Crippen LogP) is 7.66. The van der Waals surface area contributed by atoms with Crippen molar-refractivity contribution in [3.63, 3.8) is 0 Å². The van der Waals surface area contributed by atoms with Crippen LogP contribution in [0.3, 0.4) is 0 Å². The van der Waals surface area contributed by atoms with Gasteiger partial charge in [-0.25, -0.2) is 4.79 Å². The zero-order chi connectivity index (χ0) is 26.3. The number of fused-ring (bicyclic) bond motifs is 7. The van der Waals surface area contributed by atoms with Gasteiger partial charge in [-0.2, -0.15) is 0 Å². The molecule has 0 amide bonds. The topological polar surface area (TPSA) is 44.8 Å². The average Bonchev–Trinajstić information content (AvgIpc) is 3.36. The maximum Gasteiger partial charge on any atom is 0.338 e. The first-order valence-electron chi connectivity index (χ1n) is 15.8. The summed E-state index contributed by atoms with van der Waals surface area (Å²) in [6, 6.07) is 9.51. The third kappa shape index (κ3) is 3.71. The molecule has 1 spiro atoms. The third-order valence-electron chi connectivity index (χ3n) is 13.2. The van der Waals surface area contributed by atoms with Crippen LogP contribution in [0, 0.1) is 52.3 Å². The van der Waals surface area contributed by atoms with Crippen LogP contribution < -0.4 is 0 Å². The van der Waals surface area contributed by atoms with Gasteiger partial charge >= 0.3 is 5.97 Å². The summed E-state index contributed by atoms with van der Waals surface area (Å²) >= 11 is 0. The van der Waals surface area contributed by atoms with Crippen LogP contribution in [0.15, 0.2) is 30.3 Å². The minimum absolute atomic E-state index is 0.0701. The predicted molar refractivity (Wildman–Crippen MR) is 147 cm³/mol. The number of benzene rings is 1. The third-order valence-corrected chi connectivity index (χ3v) is 13.2. The van der Waals surface area contributed by atoms with E-state index in [1.54, 1.807) is 0 Å². The maximum atomic E-state index is 12.7. The Morgan fingerprint density at radius 3 is 2.45 bits per heavy atom. The van der Waals surface area contributed by atoms with E-state index in [1.165, 1.54) is 44.9 Å². The monoisotopic (exact) mass is 520 g/mol. The summed E-state index contributed by atoms with van der Waals surface area (Å²) < 4.78 is 19.5. The Hall–Kier alpha value is -1.39. The molecule has 38 heavy (non-hydrogen) atoms. The number of ether oxygens (including phenoxy) is 3. The molecule has 4 aliphatic carbocycles. The van der Waals surface area contributed by atoms with E-state index in [4.69, 9.17) is 14.2 Å². The number of hydrogen-bond donors (Lipinski definition) is 0. The molecule has 0 N–H and O–H groups in total. The van der Waals surface area contributed by atoms with Gasteiger partial charge in [-0.3, -0.25) is 0 Å². The number of carbonyl (C=O) groups excluding carboxylic acids is 1. The van der Waals surface area contributed by atoms with Gasteiger partial charge in [-0.05, 0) is 116 Å². The van der Waals surface area contributed by atoms with Gasteiger partial charge < -0.3 is 14.2 Å². The fraction of sp³-hybridized carbons (Fsp3) is 0.794. The molecule has 7 rings (SSSR count). The van der Waals surface area contributed by atoms with E-state index in [0.717, 1.165) is 43.6 Å². The molecule has 6 aliphatic rings. The van der Waals surface area contributed by atoms with Crippen molar-refractivity contribution in [2.45, 2.75) is 110 Å². The van der Waals surface area contributed by atoms with Crippen molar-refractivity contribution in [3.05, 3.63) is 35.9 Å². The molecule has 2 aliphatic heterocycles. The van der Waals surface area contributed by atoms with E-state index in [1.807, 2.05) is 30.3 Å². The summed E-state index contributed by atoms with van der Waals surface area (Å²) in [4.78, 5) is 12.7. The second-order valence-electron chi connectivity index (χ2n) is 14.8. The molecule has 1 aromatic rings. The highest BCUT2D eigenvalue weighted by Crippen LogP contribution is 2.71. The Bertz CT molecular complexity index is 1050. The number of rotatable bonds is 2. The molecule has 0 radical (unpaired) electrons. The molecule has 0 aromatic heterocycles. The summed E-state index contributed by atoms with van der Waals surface area (Å²) in [6.45, 7) is 10.9. The largest absolute Gasteiger partial charge is 0.459 e. The molecular weight excluding hydrogens is 472 g/mol. The van der Waals surface area contributed by atoms with Crippen molar-refractivity contribution in [1.29, 1.82) is 0 Å². The van der Waals surface area contributed by atoms with Gasteiger partial charge in [0.05, 0.1) is 18.3 Å². The minimum Gasteiger partial charge on any atom is -0.459 e. The van der Waals surface area contributed by atoms with Crippen LogP contribution in [0.2, 0.25) is 0 Å². The van der Waals surface area contributed by atoms with Gasteiger partial charge in [-0.1, -0.05) is 45.9 Å². The maximum absolute atomic E-state index is 12.7. The van der Waals surface area contributed by atoms with Gasteiger partial charge in [0, 0.05) is 12.3 Å². The first-order chi connectivity index (χ1) is 18.2. The van der Waals surface area contributed by atoms with Crippen LogP contribution in [0.5, 0.6) is 0 Å². The Morgan fingerprint density at radius 1 is 0.895 bits per heavy atom. The summed E-state index contributed by atoms with van der Waals surface area (Å²) in [5.41, 5.74) is 1.44. The zero-order valence-corrected chi connectivity index (χ0v) is 24.0. The molecule has 12 atom stereocenters. The highest BCUT2D eigenvalue weighted by Gasteiger charge is 2.69. The summed E-state index contributed by atoms with van der Waals surface area (Å²) in [5, 5.41) is 0. The molecule has 2 heterocycles. The van der Waals surface area contributed by atoms with Gasteiger partial charge in [0.15, 0.2) is 5.79 Å². The smallest absolute Gasteiger partial charge is 0.338 e. The van der Waals surface area contributed by atoms with E-state index in [0.29, 0.717) is 46.2 Å². The van der Waals surface area contributed by atoms with E-state index >= 15 is 0 Å². The van der Waals surface area contributed by atoms with Crippen molar-refractivity contribution in [1.82, 2.24) is 0 Å². The Morgan fingerprint density at radius 2 is 1.68 bits per heavy atom. The molecule has 0 bridgehead atoms. The number of hydrogen-bond acceptors (Lipinski definition) is 4. The molecule has 6 fully saturated rings. The van der Waals surface area contributed by atoms with Crippen molar-refractivity contribution in [2.75, 3.05) is 6.61 Å². The lowest BCUT2D eigenvalue weighted by Gasteiger charge is -2.61. The lowest BCUT2D eigenvalue weighted by atomic mass is 9.44. The molecule has 4 nitrogen and oxygen atoms in total. The first-order valence-corrected chi connectivity index (χ1v) is 15.8. The van der Waals surface area contributed by atoms with E-state index in [-0.39, 0.29) is 17.9 Å². The van der Waals surface area contributed by atoms with Crippen molar-refractivity contribution < 1.29 is 19.0 Å². The van der Waals surface area contributed by atoms with E-state index < -0.39 is 0 Å². The van der Waals surface area contributed by atoms with Crippen molar-refractivity contribution in [3.8, 4) is 0 Å². The van der Waals surface area contributed by atoms with Crippen LogP contribution in [0.25, 0.3) is 0 Å². The van der Waals surface area contributed by atoms with Gasteiger partial charge in [0.2, 0.25) is 0 Å². The lowest BCUT2D eigenvalue weighted by molar-refractivity contribution is -0.273. The summed E-state index contributed by atoms with van der Waals surface area (Å²) in [5.74, 6) is 4.41. The summed E-state index contributed by atoms with van der Waals surface area (Å²) in [6.07, 6.45) is 12.6. The average molecular weight is 521 g/mol. The minimum atomic E-state index is -0.314. The van der Waals surface area contributed by atoms with Crippen LogP contribution in [0.1, 0.15) is 102 Å². The molecule has 4 saturated carbocycles. The Kier molecular flexibility index (Phi) is 6.10. The van der Waals surface area contributed by atoms with E-state index in [9.17, 15) is 4.79 Å². The standard InChI is InChI=1S/C34H48O4/c1-21-12-17-34(36-20-21)22(2)30-29(38-34)19-28-26-11-10-24-18-25(37-31(35)23-8-6-5-7-9-23)13-15-32(24,3)27(26)14-16-33(28,30)4/h5-9,21-22,24-30H,10-20H2,1-4H3/t21-,22+,24-,25-,26-,27+,28+,29+,30+,32+,33+,34-/m1/s1. The van der Waals surface area contributed by atoms with Gasteiger partial charge in [-0.15, -0.1) is 0 Å². The number of esters is 1. The molecule has 2 saturated heterocycles. The lowest BCUT2D eigenvalue weighted by Crippen LogP contribution is -2.55. The normalized spacial score (nSPS) is 51.5. The number of carbonyl (C=O) groups is 1. The fourth-order valence-corrected chi connectivity index (χ4v) is 11.1. The SMILES string of the molecule is C[C@@H]1CC[C@@]2(OC1)O[C@H]1C[C@H]3[C@@H]4CC[C@@H]5C[C@H](OC(=O)c6ccccc6)CC[C@]5(C)[C@H]4CC[C@]3(C)[C@H]1[C@@H]2C. The van der Waals surface area contributed by atoms with Crippen LogP contribution >= 0.6 is 0 Å². The Labute approximate surface area is 229 Å². The van der Waals surface area contributed by atoms with Crippen LogP contribution in [-0.2, 0) is 14.2 Å². The second kappa shape index (κ2) is 9.06. The first kappa shape index (κ1) is 25.6. The second-order valence-corrected chi connectivity index (χ2v) is 14.8. The zero-order valence-electron chi connectivity index (χ0n) is 24.0. The fourth-order valence-electron chi connectivity index (χ4n) is 11.1. The van der Waals surface area contributed by atoms with Crippen molar-refractivity contribution >= 4 is 5.97 Å².